The predicted octanol–water partition coefficient (Wildman–Crippen LogP) is 2.97. The second kappa shape index (κ2) is 5.00. The van der Waals surface area contributed by atoms with Gasteiger partial charge in [0, 0.05) is 12.5 Å². The Morgan fingerprint density at radius 1 is 1.44 bits per heavy atom. The van der Waals surface area contributed by atoms with Crippen LogP contribution in [0.15, 0.2) is 28.7 Å². The van der Waals surface area contributed by atoms with E-state index in [9.17, 15) is 9.18 Å². The predicted molar refractivity (Wildman–Crippen MR) is 62.6 cm³/mol. The Balaban J connectivity index is 2.51. The number of carbonyl (C=O) groups is 1. The number of ether oxygens (including phenoxy) is 1. The van der Waals surface area contributed by atoms with E-state index in [1.807, 2.05) is 0 Å². The lowest BCUT2D eigenvalue weighted by Crippen LogP contribution is -2.05. The van der Waals surface area contributed by atoms with Crippen molar-refractivity contribution in [3.8, 4) is 11.3 Å². The maximum Gasteiger partial charge on any atom is 0.376 e. The Kier molecular flexibility index (Phi) is 3.41. The van der Waals surface area contributed by atoms with E-state index >= 15 is 0 Å². The number of halogens is 1. The third-order valence-electron chi connectivity index (χ3n) is 2.32. The highest BCUT2D eigenvalue weighted by Crippen LogP contribution is 2.26. The van der Waals surface area contributed by atoms with Gasteiger partial charge in [-0.3, -0.25) is 0 Å². The van der Waals surface area contributed by atoms with Crippen LogP contribution in [-0.4, -0.2) is 17.6 Å². The molecule has 1 heterocycles. The lowest BCUT2D eigenvalue weighted by molar-refractivity contribution is 0.0490. The molecule has 0 amide bonds. The highest BCUT2D eigenvalue weighted by atomic mass is 19.1. The van der Waals surface area contributed by atoms with Gasteiger partial charge in [0.1, 0.15) is 11.5 Å². The van der Waals surface area contributed by atoms with Crippen LogP contribution in [0.25, 0.3) is 11.3 Å². The minimum absolute atomic E-state index is 0.0700. The standard InChI is InChI=1S/C13H12FNO3/c1-3-17-13(16)12-11(15-8(2)18-12)9-6-4-5-7-10(9)14/h4-7H,3H2,1-2H3. The molecule has 2 aromatic rings. The molecule has 18 heavy (non-hydrogen) atoms. The lowest BCUT2D eigenvalue weighted by atomic mass is 10.1. The van der Waals surface area contributed by atoms with Gasteiger partial charge in [0.05, 0.1) is 6.61 Å². The van der Waals surface area contributed by atoms with Gasteiger partial charge in [0.2, 0.25) is 5.76 Å². The SMILES string of the molecule is CCOC(=O)c1oc(C)nc1-c1ccccc1F. The van der Waals surface area contributed by atoms with E-state index < -0.39 is 11.8 Å². The molecule has 0 bridgehead atoms. The van der Waals surface area contributed by atoms with E-state index in [1.54, 1.807) is 26.0 Å². The summed E-state index contributed by atoms with van der Waals surface area (Å²) in [5.41, 5.74) is 0.390. The van der Waals surface area contributed by atoms with E-state index in [0.29, 0.717) is 0 Å². The molecule has 94 valence electrons. The summed E-state index contributed by atoms with van der Waals surface area (Å²) >= 11 is 0. The number of benzene rings is 1. The van der Waals surface area contributed by atoms with Gasteiger partial charge in [-0.1, -0.05) is 12.1 Å². The molecule has 0 N–H and O–H groups in total. The fourth-order valence-electron chi connectivity index (χ4n) is 1.60. The molecular weight excluding hydrogens is 237 g/mol. The summed E-state index contributed by atoms with van der Waals surface area (Å²) in [4.78, 5) is 15.7. The Morgan fingerprint density at radius 3 is 2.83 bits per heavy atom. The maximum atomic E-state index is 13.7. The number of hydrogen-bond acceptors (Lipinski definition) is 4. The molecule has 0 radical (unpaired) electrons. The van der Waals surface area contributed by atoms with Gasteiger partial charge in [0.25, 0.3) is 0 Å². The summed E-state index contributed by atoms with van der Waals surface area (Å²) in [7, 11) is 0. The Bertz CT molecular complexity index is 577. The fraction of sp³-hybridized carbons (Fsp3) is 0.231. The Labute approximate surface area is 103 Å². The van der Waals surface area contributed by atoms with E-state index in [-0.39, 0.29) is 29.5 Å². The summed E-state index contributed by atoms with van der Waals surface area (Å²) in [6.07, 6.45) is 0. The van der Waals surface area contributed by atoms with Crippen LogP contribution in [0.2, 0.25) is 0 Å². The molecule has 1 aromatic heterocycles. The normalized spacial score (nSPS) is 10.4. The summed E-state index contributed by atoms with van der Waals surface area (Å²) in [5.74, 6) is -0.886. The van der Waals surface area contributed by atoms with E-state index in [2.05, 4.69) is 4.98 Å². The molecule has 0 saturated heterocycles. The van der Waals surface area contributed by atoms with Crippen molar-refractivity contribution in [2.45, 2.75) is 13.8 Å². The van der Waals surface area contributed by atoms with Crippen LogP contribution >= 0.6 is 0 Å². The molecule has 0 unspecified atom stereocenters. The van der Waals surface area contributed by atoms with Gasteiger partial charge in [-0.05, 0) is 19.1 Å². The first-order valence-corrected chi connectivity index (χ1v) is 5.53. The average molecular weight is 249 g/mol. The maximum absolute atomic E-state index is 13.7. The number of hydrogen-bond donors (Lipinski definition) is 0. The number of rotatable bonds is 3. The third-order valence-corrected chi connectivity index (χ3v) is 2.32. The van der Waals surface area contributed by atoms with Crippen molar-refractivity contribution in [2.24, 2.45) is 0 Å². The van der Waals surface area contributed by atoms with E-state index in [0.717, 1.165) is 0 Å². The van der Waals surface area contributed by atoms with Crippen LogP contribution in [0.1, 0.15) is 23.4 Å². The fourth-order valence-corrected chi connectivity index (χ4v) is 1.60. The summed E-state index contributed by atoms with van der Waals surface area (Å²) < 4.78 is 23.7. The molecule has 0 aliphatic heterocycles. The van der Waals surface area contributed by atoms with Gasteiger partial charge in [-0.2, -0.15) is 0 Å². The van der Waals surface area contributed by atoms with Crippen LogP contribution in [0.5, 0.6) is 0 Å². The second-order valence-corrected chi connectivity index (χ2v) is 3.61. The van der Waals surface area contributed by atoms with Crippen LogP contribution in [-0.2, 0) is 4.74 Å². The summed E-state index contributed by atoms with van der Waals surface area (Å²) in [5, 5.41) is 0. The number of carbonyl (C=O) groups excluding carboxylic acids is 1. The van der Waals surface area contributed by atoms with Gasteiger partial charge in [-0.25, -0.2) is 14.2 Å². The molecule has 2 rings (SSSR count). The van der Waals surface area contributed by atoms with Gasteiger partial charge < -0.3 is 9.15 Å². The van der Waals surface area contributed by atoms with Gasteiger partial charge in [0.15, 0.2) is 5.89 Å². The zero-order chi connectivity index (χ0) is 13.1. The second-order valence-electron chi connectivity index (χ2n) is 3.61. The molecule has 1 aromatic carbocycles. The Hall–Kier alpha value is -2.17. The van der Waals surface area contributed by atoms with E-state index in [4.69, 9.17) is 9.15 Å². The van der Waals surface area contributed by atoms with Gasteiger partial charge in [-0.15, -0.1) is 0 Å². The molecular formula is C13H12FNO3. The molecule has 0 aliphatic rings. The summed E-state index contributed by atoms with van der Waals surface area (Å²) in [6, 6.07) is 6.07. The minimum atomic E-state index is -0.642. The zero-order valence-corrected chi connectivity index (χ0v) is 10.1. The first kappa shape index (κ1) is 12.3. The van der Waals surface area contributed by atoms with Crippen molar-refractivity contribution in [1.29, 1.82) is 0 Å². The van der Waals surface area contributed by atoms with Crippen molar-refractivity contribution in [3.05, 3.63) is 41.7 Å². The van der Waals surface area contributed by atoms with Crippen molar-refractivity contribution < 1.29 is 18.3 Å². The monoisotopic (exact) mass is 249 g/mol. The van der Waals surface area contributed by atoms with Crippen molar-refractivity contribution in [1.82, 2.24) is 4.98 Å². The van der Waals surface area contributed by atoms with E-state index in [1.165, 1.54) is 12.1 Å². The number of nitrogens with zero attached hydrogens (tertiary/aromatic N) is 1. The Morgan fingerprint density at radius 2 is 2.17 bits per heavy atom. The highest BCUT2D eigenvalue weighted by molar-refractivity contribution is 5.93. The minimum Gasteiger partial charge on any atom is -0.460 e. The van der Waals surface area contributed by atoms with Crippen molar-refractivity contribution >= 4 is 5.97 Å². The average Bonchev–Trinajstić information content (AvgIpc) is 2.72. The highest BCUT2D eigenvalue weighted by Gasteiger charge is 2.23. The van der Waals surface area contributed by atoms with Crippen LogP contribution in [0.3, 0.4) is 0 Å². The van der Waals surface area contributed by atoms with Crippen LogP contribution in [0, 0.1) is 12.7 Å². The zero-order valence-electron chi connectivity index (χ0n) is 10.1. The van der Waals surface area contributed by atoms with Crippen LogP contribution in [0.4, 0.5) is 4.39 Å². The molecule has 0 aliphatic carbocycles. The molecule has 5 heteroatoms. The van der Waals surface area contributed by atoms with Crippen molar-refractivity contribution in [3.63, 3.8) is 0 Å². The topological polar surface area (TPSA) is 52.3 Å². The number of esters is 1. The molecule has 0 fully saturated rings. The first-order valence-electron chi connectivity index (χ1n) is 5.53. The smallest absolute Gasteiger partial charge is 0.376 e. The van der Waals surface area contributed by atoms with Gasteiger partial charge >= 0.3 is 5.97 Å². The molecule has 0 atom stereocenters. The number of oxazole rings is 1. The first-order chi connectivity index (χ1) is 8.63. The quantitative estimate of drug-likeness (QED) is 0.785. The lowest BCUT2D eigenvalue weighted by Gasteiger charge is -2.02. The number of aryl methyl sites for hydroxylation is 1. The van der Waals surface area contributed by atoms with Crippen LogP contribution < -0.4 is 0 Å². The largest absolute Gasteiger partial charge is 0.460 e. The summed E-state index contributed by atoms with van der Waals surface area (Å²) in [6.45, 7) is 3.49. The third kappa shape index (κ3) is 2.25. The molecule has 0 saturated carbocycles. The number of aromatic nitrogens is 1. The van der Waals surface area contributed by atoms with Crippen molar-refractivity contribution in [2.75, 3.05) is 6.61 Å². The molecule has 4 nitrogen and oxygen atoms in total. The molecule has 0 spiro atoms.